The molecule has 2 heterocycles. The second-order valence-electron chi connectivity index (χ2n) is 5.82. The Kier molecular flexibility index (Phi) is 3.94. The monoisotopic (exact) mass is 342 g/mol. The van der Waals surface area contributed by atoms with E-state index in [4.69, 9.17) is 11.6 Å². The highest BCUT2D eigenvalue weighted by Crippen LogP contribution is 2.30. The number of piperazine rings is 1. The Morgan fingerprint density at radius 1 is 0.958 bits per heavy atom. The predicted octanol–water partition coefficient (Wildman–Crippen LogP) is 3.75. The first-order valence-electron chi connectivity index (χ1n) is 7.88. The molecule has 24 heavy (non-hydrogen) atoms. The molecule has 3 aromatic rings. The first-order chi connectivity index (χ1) is 11.7. The summed E-state index contributed by atoms with van der Waals surface area (Å²) >= 11 is 6.22. The zero-order chi connectivity index (χ0) is 16.5. The van der Waals surface area contributed by atoms with E-state index in [0.29, 0.717) is 5.02 Å². The summed E-state index contributed by atoms with van der Waals surface area (Å²) in [5.41, 5.74) is 2.70. The summed E-state index contributed by atoms with van der Waals surface area (Å²) in [4.78, 5) is 4.48. The lowest BCUT2D eigenvalue weighted by molar-refractivity contribution is 0.620. The Labute approximate surface area is 144 Å². The number of anilines is 2. The Bertz CT molecular complexity index is 878. The second-order valence-corrected chi connectivity index (χ2v) is 6.23. The lowest BCUT2D eigenvalue weighted by Crippen LogP contribution is -2.46. The molecule has 0 N–H and O–H groups in total. The summed E-state index contributed by atoms with van der Waals surface area (Å²) < 4.78 is 13.4. The molecule has 0 radical (unpaired) electrons. The molecule has 2 aromatic carbocycles. The summed E-state index contributed by atoms with van der Waals surface area (Å²) in [6.45, 7) is 3.33. The van der Waals surface area contributed by atoms with Gasteiger partial charge < -0.3 is 9.80 Å². The highest BCUT2D eigenvalue weighted by molar-refractivity contribution is 6.35. The van der Waals surface area contributed by atoms with E-state index >= 15 is 0 Å². The van der Waals surface area contributed by atoms with Crippen molar-refractivity contribution in [3.8, 4) is 0 Å². The van der Waals surface area contributed by atoms with Crippen molar-refractivity contribution in [1.29, 1.82) is 0 Å². The van der Waals surface area contributed by atoms with E-state index in [-0.39, 0.29) is 5.82 Å². The minimum absolute atomic E-state index is 0.200. The topological polar surface area (TPSA) is 32.3 Å². The molecular weight excluding hydrogens is 327 g/mol. The molecule has 6 heteroatoms. The van der Waals surface area contributed by atoms with Crippen molar-refractivity contribution in [2.75, 3.05) is 36.0 Å². The number of halogens is 2. The molecule has 1 fully saturated rings. The maximum atomic E-state index is 13.4. The van der Waals surface area contributed by atoms with Crippen molar-refractivity contribution in [3.05, 3.63) is 59.5 Å². The van der Waals surface area contributed by atoms with Gasteiger partial charge in [0.25, 0.3) is 0 Å². The SMILES string of the molecule is Fc1cccc(N2CCN(c3cnnc4c(Cl)cccc34)CC2)c1. The number of rotatable bonds is 2. The molecule has 1 aliphatic heterocycles. The standard InChI is InChI=1S/C18H16ClFN4/c19-16-6-2-5-15-17(12-21-22-18(15)16)24-9-7-23(8-10-24)14-4-1-3-13(20)11-14/h1-6,11-12H,7-10H2. The van der Waals surface area contributed by atoms with E-state index in [2.05, 4.69) is 20.0 Å². The average molecular weight is 343 g/mol. The van der Waals surface area contributed by atoms with Crippen LogP contribution in [0.25, 0.3) is 10.9 Å². The maximum Gasteiger partial charge on any atom is 0.125 e. The van der Waals surface area contributed by atoms with Crippen molar-refractivity contribution in [2.24, 2.45) is 0 Å². The zero-order valence-electron chi connectivity index (χ0n) is 13.0. The normalized spacial score (nSPS) is 15.1. The molecule has 0 spiro atoms. The van der Waals surface area contributed by atoms with Gasteiger partial charge in [0.1, 0.15) is 11.3 Å². The third-order valence-electron chi connectivity index (χ3n) is 4.39. The molecule has 122 valence electrons. The molecule has 0 amide bonds. The number of hydrogen-bond donors (Lipinski definition) is 0. The molecule has 4 rings (SSSR count). The van der Waals surface area contributed by atoms with E-state index in [0.717, 1.165) is 48.5 Å². The Morgan fingerprint density at radius 2 is 1.71 bits per heavy atom. The van der Waals surface area contributed by atoms with Gasteiger partial charge in [-0.15, -0.1) is 5.10 Å². The van der Waals surface area contributed by atoms with Crippen molar-refractivity contribution in [2.45, 2.75) is 0 Å². The van der Waals surface area contributed by atoms with Crippen LogP contribution in [0.2, 0.25) is 5.02 Å². The van der Waals surface area contributed by atoms with Crippen LogP contribution in [0.3, 0.4) is 0 Å². The van der Waals surface area contributed by atoms with Crippen molar-refractivity contribution >= 4 is 33.9 Å². The summed E-state index contributed by atoms with van der Waals surface area (Å²) in [5.74, 6) is -0.200. The minimum atomic E-state index is -0.200. The van der Waals surface area contributed by atoms with E-state index in [1.165, 1.54) is 6.07 Å². The maximum absolute atomic E-state index is 13.4. The van der Waals surface area contributed by atoms with Crippen LogP contribution in [-0.4, -0.2) is 36.4 Å². The third-order valence-corrected chi connectivity index (χ3v) is 4.70. The summed E-state index contributed by atoms with van der Waals surface area (Å²) in [6.07, 6.45) is 1.79. The van der Waals surface area contributed by atoms with Gasteiger partial charge in [0, 0.05) is 37.3 Å². The molecular formula is C18H16ClFN4. The molecule has 0 aliphatic carbocycles. The van der Waals surface area contributed by atoms with Crippen LogP contribution >= 0.6 is 11.6 Å². The van der Waals surface area contributed by atoms with Crippen LogP contribution in [0.5, 0.6) is 0 Å². The van der Waals surface area contributed by atoms with E-state index in [9.17, 15) is 4.39 Å². The third kappa shape index (κ3) is 2.76. The summed E-state index contributed by atoms with van der Waals surface area (Å²) in [5, 5.41) is 9.87. The van der Waals surface area contributed by atoms with Crippen LogP contribution in [0.4, 0.5) is 15.8 Å². The Balaban J connectivity index is 1.57. The lowest BCUT2D eigenvalue weighted by Gasteiger charge is -2.37. The number of aromatic nitrogens is 2. The molecule has 0 unspecified atom stereocenters. The highest BCUT2D eigenvalue weighted by atomic mass is 35.5. The van der Waals surface area contributed by atoms with Gasteiger partial charge in [0.15, 0.2) is 0 Å². The van der Waals surface area contributed by atoms with Crippen LogP contribution < -0.4 is 9.80 Å². The first-order valence-corrected chi connectivity index (χ1v) is 8.25. The van der Waals surface area contributed by atoms with Gasteiger partial charge in [-0.25, -0.2) is 4.39 Å². The molecule has 0 bridgehead atoms. The molecule has 0 saturated carbocycles. The number of nitrogens with zero attached hydrogens (tertiary/aromatic N) is 4. The molecule has 1 aliphatic rings. The zero-order valence-corrected chi connectivity index (χ0v) is 13.7. The molecule has 4 nitrogen and oxygen atoms in total. The fraction of sp³-hybridized carbons (Fsp3) is 0.222. The van der Waals surface area contributed by atoms with Crippen molar-refractivity contribution < 1.29 is 4.39 Å². The van der Waals surface area contributed by atoms with Gasteiger partial charge in [-0.1, -0.05) is 29.8 Å². The highest BCUT2D eigenvalue weighted by Gasteiger charge is 2.20. The Morgan fingerprint density at radius 3 is 2.50 bits per heavy atom. The number of fused-ring (bicyclic) bond motifs is 1. The second kappa shape index (κ2) is 6.24. The predicted molar refractivity (Wildman–Crippen MR) is 95.4 cm³/mol. The van der Waals surface area contributed by atoms with Crippen LogP contribution in [0.15, 0.2) is 48.7 Å². The fourth-order valence-corrected chi connectivity index (χ4v) is 3.38. The van der Waals surface area contributed by atoms with Gasteiger partial charge in [0.2, 0.25) is 0 Å². The smallest absolute Gasteiger partial charge is 0.125 e. The summed E-state index contributed by atoms with van der Waals surface area (Å²) in [6, 6.07) is 12.5. The largest absolute Gasteiger partial charge is 0.368 e. The van der Waals surface area contributed by atoms with Gasteiger partial charge in [0.05, 0.1) is 16.9 Å². The van der Waals surface area contributed by atoms with Crippen LogP contribution in [-0.2, 0) is 0 Å². The van der Waals surface area contributed by atoms with Gasteiger partial charge >= 0.3 is 0 Å². The molecule has 1 saturated heterocycles. The van der Waals surface area contributed by atoms with E-state index < -0.39 is 0 Å². The van der Waals surface area contributed by atoms with Gasteiger partial charge in [-0.05, 0) is 24.3 Å². The molecule has 1 aromatic heterocycles. The van der Waals surface area contributed by atoms with Crippen LogP contribution in [0, 0.1) is 5.82 Å². The van der Waals surface area contributed by atoms with Crippen molar-refractivity contribution in [3.63, 3.8) is 0 Å². The van der Waals surface area contributed by atoms with E-state index in [1.54, 1.807) is 18.3 Å². The van der Waals surface area contributed by atoms with Crippen molar-refractivity contribution in [1.82, 2.24) is 10.2 Å². The van der Waals surface area contributed by atoms with Crippen LogP contribution in [0.1, 0.15) is 0 Å². The quantitative estimate of drug-likeness (QED) is 0.710. The minimum Gasteiger partial charge on any atom is -0.368 e. The molecule has 0 atom stereocenters. The number of benzene rings is 2. The van der Waals surface area contributed by atoms with Gasteiger partial charge in [-0.2, -0.15) is 5.10 Å². The summed E-state index contributed by atoms with van der Waals surface area (Å²) in [7, 11) is 0. The number of hydrogen-bond acceptors (Lipinski definition) is 4. The van der Waals surface area contributed by atoms with E-state index in [1.807, 2.05) is 24.3 Å². The fourth-order valence-electron chi connectivity index (χ4n) is 3.16. The first kappa shape index (κ1) is 15.1. The van der Waals surface area contributed by atoms with Gasteiger partial charge in [-0.3, -0.25) is 0 Å². The average Bonchev–Trinajstić information content (AvgIpc) is 2.62. The Hall–Kier alpha value is -2.40. The lowest BCUT2D eigenvalue weighted by atomic mass is 10.1.